The molecule has 0 aromatic heterocycles. The minimum absolute atomic E-state index is 0.0771. The summed E-state index contributed by atoms with van der Waals surface area (Å²) in [6, 6.07) is 27.9. The first-order valence-electron chi connectivity index (χ1n) is 12.4. The molecule has 5 rings (SSSR count). The number of amides is 1. The lowest BCUT2D eigenvalue weighted by Gasteiger charge is -2.44. The quantitative estimate of drug-likeness (QED) is 0.427. The Bertz CT molecular complexity index is 1150. The third kappa shape index (κ3) is 4.12. The fourth-order valence-electron chi connectivity index (χ4n) is 6.29. The molecule has 3 aromatic rings. The molecular weight excluding hydrogens is 484 g/mol. The van der Waals surface area contributed by atoms with Crippen molar-refractivity contribution < 1.29 is 4.79 Å². The molecule has 1 heterocycles. The summed E-state index contributed by atoms with van der Waals surface area (Å²) < 4.78 is 1.05. The number of aryl methyl sites for hydroxylation is 1. The number of nitrogens with two attached hydrogens (primary N) is 1. The molecule has 1 fully saturated rings. The molecule has 1 amide bonds. The summed E-state index contributed by atoms with van der Waals surface area (Å²) in [7, 11) is 0. The number of rotatable bonds is 5. The van der Waals surface area contributed by atoms with Crippen LogP contribution in [0.4, 0.5) is 0 Å². The maximum atomic E-state index is 14.2. The summed E-state index contributed by atoms with van der Waals surface area (Å²) >= 11 is 3.64. The molecule has 34 heavy (non-hydrogen) atoms. The number of halogens is 1. The first kappa shape index (κ1) is 23.3. The number of carbonyl (C=O) groups is 1. The third-order valence-corrected chi connectivity index (χ3v) is 8.85. The van der Waals surface area contributed by atoms with Crippen molar-refractivity contribution >= 4 is 21.8 Å². The second kappa shape index (κ2) is 9.67. The van der Waals surface area contributed by atoms with Gasteiger partial charge in [0.25, 0.3) is 0 Å². The van der Waals surface area contributed by atoms with Gasteiger partial charge in [-0.3, -0.25) is 4.79 Å². The molecule has 0 spiro atoms. The third-order valence-electron chi connectivity index (χ3n) is 8.35. The van der Waals surface area contributed by atoms with Crippen molar-refractivity contribution in [3.8, 4) is 0 Å². The van der Waals surface area contributed by atoms with Gasteiger partial charge in [0.1, 0.15) is 0 Å². The van der Waals surface area contributed by atoms with Crippen LogP contribution in [0.2, 0.25) is 0 Å². The lowest BCUT2D eigenvalue weighted by molar-refractivity contribution is -0.141. The highest BCUT2D eigenvalue weighted by atomic mass is 79.9. The van der Waals surface area contributed by atoms with E-state index in [0.29, 0.717) is 12.5 Å². The van der Waals surface area contributed by atoms with Crippen LogP contribution in [0.25, 0.3) is 0 Å². The minimum Gasteiger partial charge on any atom is -0.335 e. The first-order chi connectivity index (χ1) is 16.5. The second-order valence-electron chi connectivity index (χ2n) is 9.97. The highest BCUT2D eigenvalue weighted by Crippen LogP contribution is 2.47. The fraction of sp³-hybridized carbons (Fsp3) is 0.367. The van der Waals surface area contributed by atoms with E-state index >= 15 is 0 Å². The molecule has 1 aliphatic carbocycles. The average Bonchev–Trinajstić information content (AvgIpc) is 3.27. The Labute approximate surface area is 211 Å². The van der Waals surface area contributed by atoms with Gasteiger partial charge in [-0.1, -0.05) is 89.6 Å². The minimum atomic E-state index is -0.312. The average molecular weight is 518 g/mol. The van der Waals surface area contributed by atoms with Gasteiger partial charge in [0, 0.05) is 28.9 Å². The number of nitrogens with zero attached hydrogens (tertiary/aromatic N) is 1. The van der Waals surface area contributed by atoms with Gasteiger partial charge in [0.2, 0.25) is 5.91 Å². The van der Waals surface area contributed by atoms with E-state index in [2.05, 4.69) is 101 Å². The molecule has 3 aromatic carbocycles. The summed E-state index contributed by atoms with van der Waals surface area (Å²) in [5.74, 6) is 0.517. The Balaban J connectivity index is 1.47. The van der Waals surface area contributed by atoms with Gasteiger partial charge in [-0.05, 0) is 66.0 Å². The van der Waals surface area contributed by atoms with Crippen LogP contribution in [0.1, 0.15) is 60.4 Å². The molecule has 2 aliphatic rings. The number of benzene rings is 3. The molecule has 0 saturated carbocycles. The number of fused-ring (bicyclic) bond motifs is 1. The zero-order valence-electron chi connectivity index (χ0n) is 19.8. The van der Waals surface area contributed by atoms with E-state index in [0.717, 1.165) is 36.7 Å². The first-order valence-corrected chi connectivity index (χ1v) is 13.2. The largest absolute Gasteiger partial charge is 0.335 e. The van der Waals surface area contributed by atoms with Crippen LogP contribution in [-0.4, -0.2) is 23.9 Å². The van der Waals surface area contributed by atoms with Crippen molar-refractivity contribution in [1.82, 2.24) is 4.90 Å². The molecule has 1 saturated heterocycles. The standard InChI is InChI=1S/C30H33BrN2O/c1-21(30(20-32)16-14-23-12-13-26(31)19-27(23)30)29(34)33-17-15-25(22-8-4-2-5-9-22)18-28(33)24-10-6-3-7-11-24/h2-13,19,21,25,28H,14-18,20,32H2,1H3. The number of hydrogen-bond donors (Lipinski definition) is 1. The van der Waals surface area contributed by atoms with Crippen LogP contribution >= 0.6 is 15.9 Å². The number of piperidine rings is 1. The van der Waals surface area contributed by atoms with Crippen molar-refractivity contribution in [2.75, 3.05) is 13.1 Å². The zero-order chi connectivity index (χ0) is 23.7. The van der Waals surface area contributed by atoms with Crippen LogP contribution in [0, 0.1) is 5.92 Å². The predicted molar refractivity (Wildman–Crippen MR) is 142 cm³/mol. The van der Waals surface area contributed by atoms with E-state index in [9.17, 15) is 4.79 Å². The zero-order valence-corrected chi connectivity index (χ0v) is 21.4. The van der Waals surface area contributed by atoms with E-state index in [1.54, 1.807) is 0 Å². The number of carbonyl (C=O) groups excluding carboxylic acids is 1. The summed E-state index contributed by atoms with van der Waals surface area (Å²) in [4.78, 5) is 16.4. The van der Waals surface area contributed by atoms with Gasteiger partial charge >= 0.3 is 0 Å². The summed E-state index contributed by atoms with van der Waals surface area (Å²) in [6.45, 7) is 3.37. The van der Waals surface area contributed by atoms with Crippen molar-refractivity contribution in [2.24, 2.45) is 11.7 Å². The Morgan fingerprint density at radius 1 is 1.06 bits per heavy atom. The molecule has 0 radical (unpaired) electrons. The lowest BCUT2D eigenvalue weighted by atomic mass is 9.70. The molecule has 2 N–H and O–H groups in total. The Kier molecular flexibility index (Phi) is 6.63. The molecule has 1 aliphatic heterocycles. The van der Waals surface area contributed by atoms with Crippen molar-refractivity contribution in [2.45, 2.75) is 50.0 Å². The highest BCUT2D eigenvalue weighted by molar-refractivity contribution is 9.10. The Hall–Kier alpha value is -2.43. The fourth-order valence-corrected chi connectivity index (χ4v) is 6.66. The van der Waals surface area contributed by atoms with E-state index in [4.69, 9.17) is 5.73 Å². The van der Waals surface area contributed by atoms with E-state index in [1.165, 1.54) is 22.3 Å². The molecule has 3 nitrogen and oxygen atoms in total. The SMILES string of the molecule is CC(C(=O)N1CCC(c2ccccc2)CC1c1ccccc1)C1(CN)CCc2ccc(Br)cc21. The smallest absolute Gasteiger partial charge is 0.226 e. The molecule has 176 valence electrons. The van der Waals surface area contributed by atoms with Gasteiger partial charge in [-0.15, -0.1) is 0 Å². The summed E-state index contributed by atoms with van der Waals surface area (Å²) in [5.41, 5.74) is 11.3. The van der Waals surface area contributed by atoms with Gasteiger partial charge in [-0.25, -0.2) is 0 Å². The predicted octanol–water partition coefficient (Wildman–Crippen LogP) is 6.38. The summed E-state index contributed by atoms with van der Waals surface area (Å²) in [6.07, 6.45) is 3.85. The molecule has 4 unspecified atom stereocenters. The van der Waals surface area contributed by atoms with E-state index in [1.807, 2.05) is 6.07 Å². The van der Waals surface area contributed by atoms with Crippen LogP contribution in [0.15, 0.2) is 83.3 Å². The van der Waals surface area contributed by atoms with Gasteiger partial charge in [-0.2, -0.15) is 0 Å². The Morgan fingerprint density at radius 3 is 2.41 bits per heavy atom. The van der Waals surface area contributed by atoms with Gasteiger partial charge in [0.15, 0.2) is 0 Å². The lowest BCUT2D eigenvalue weighted by Crippen LogP contribution is -2.50. The topological polar surface area (TPSA) is 46.3 Å². The van der Waals surface area contributed by atoms with Crippen molar-refractivity contribution in [3.63, 3.8) is 0 Å². The van der Waals surface area contributed by atoms with Crippen LogP contribution < -0.4 is 5.73 Å². The van der Waals surface area contributed by atoms with E-state index < -0.39 is 0 Å². The number of likely N-dealkylation sites (tertiary alicyclic amines) is 1. The molecule has 4 atom stereocenters. The number of hydrogen-bond acceptors (Lipinski definition) is 2. The highest BCUT2D eigenvalue weighted by Gasteiger charge is 2.47. The Morgan fingerprint density at radius 2 is 1.74 bits per heavy atom. The monoisotopic (exact) mass is 516 g/mol. The molecular formula is C30H33BrN2O. The van der Waals surface area contributed by atoms with Crippen LogP contribution in [0.3, 0.4) is 0 Å². The maximum absolute atomic E-state index is 14.2. The van der Waals surface area contributed by atoms with Crippen LogP contribution in [0.5, 0.6) is 0 Å². The maximum Gasteiger partial charge on any atom is 0.226 e. The van der Waals surface area contributed by atoms with Gasteiger partial charge < -0.3 is 10.6 Å². The normalized spacial score (nSPS) is 25.1. The molecule has 0 bridgehead atoms. The summed E-state index contributed by atoms with van der Waals surface area (Å²) in [5, 5.41) is 0. The van der Waals surface area contributed by atoms with Crippen LogP contribution in [-0.2, 0) is 16.6 Å². The second-order valence-corrected chi connectivity index (χ2v) is 10.9. The van der Waals surface area contributed by atoms with Gasteiger partial charge in [0.05, 0.1) is 6.04 Å². The molecule has 4 heteroatoms. The van der Waals surface area contributed by atoms with Crippen molar-refractivity contribution in [1.29, 1.82) is 0 Å². The van der Waals surface area contributed by atoms with E-state index in [-0.39, 0.29) is 23.3 Å². The van der Waals surface area contributed by atoms with Crippen molar-refractivity contribution in [3.05, 3.63) is 106 Å².